The highest BCUT2D eigenvalue weighted by Gasteiger charge is 2.17. The summed E-state index contributed by atoms with van der Waals surface area (Å²) in [6.07, 6.45) is 4.63. The first-order valence-corrected chi connectivity index (χ1v) is 7.04. The maximum absolute atomic E-state index is 11.9. The average molecular weight is 256 g/mol. The van der Waals surface area contributed by atoms with Crippen molar-refractivity contribution >= 4 is 5.91 Å². The van der Waals surface area contributed by atoms with Crippen LogP contribution in [-0.2, 0) is 14.3 Å². The number of amides is 1. The third-order valence-corrected chi connectivity index (χ3v) is 3.50. The van der Waals surface area contributed by atoms with Gasteiger partial charge in [0.25, 0.3) is 0 Å². The molecular formula is C13H24N2O3. The number of rotatable bonds is 4. The van der Waals surface area contributed by atoms with Crippen LogP contribution in [0.5, 0.6) is 0 Å². The summed E-state index contributed by atoms with van der Waals surface area (Å²) in [5.41, 5.74) is 0. The fourth-order valence-corrected chi connectivity index (χ4v) is 2.40. The third kappa shape index (κ3) is 4.55. The Morgan fingerprint density at radius 3 is 3.06 bits per heavy atom. The van der Waals surface area contributed by atoms with Gasteiger partial charge in [0.1, 0.15) is 6.61 Å². The van der Waals surface area contributed by atoms with Crippen LogP contribution in [0.3, 0.4) is 0 Å². The molecule has 104 valence electrons. The van der Waals surface area contributed by atoms with Gasteiger partial charge in [0.2, 0.25) is 5.91 Å². The molecule has 5 heteroatoms. The Morgan fingerprint density at radius 2 is 2.22 bits per heavy atom. The van der Waals surface area contributed by atoms with E-state index in [0.29, 0.717) is 6.61 Å². The molecule has 2 heterocycles. The number of hydrogen-bond donors (Lipinski definition) is 1. The minimum Gasteiger partial charge on any atom is -0.376 e. The number of carbonyl (C=O) groups is 1. The first-order chi connectivity index (χ1) is 8.86. The maximum atomic E-state index is 11.9. The molecule has 0 unspecified atom stereocenters. The van der Waals surface area contributed by atoms with Crippen LogP contribution >= 0.6 is 0 Å². The largest absolute Gasteiger partial charge is 0.376 e. The molecule has 18 heavy (non-hydrogen) atoms. The van der Waals surface area contributed by atoms with E-state index >= 15 is 0 Å². The van der Waals surface area contributed by atoms with Crippen LogP contribution in [0.4, 0.5) is 0 Å². The standard InChI is InChI=1S/C13H24N2O3/c16-13(15-7-3-5-14-6-8-15)11-17-10-12-4-1-2-9-18-12/h12,14H,1-11H2/t12-/m1/s1. The normalized spacial score (nSPS) is 25.8. The molecule has 2 rings (SSSR count). The lowest BCUT2D eigenvalue weighted by molar-refractivity contribution is -0.138. The monoisotopic (exact) mass is 256 g/mol. The molecule has 0 saturated carbocycles. The lowest BCUT2D eigenvalue weighted by Gasteiger charge is -2.23. The molecule has 2 aliphatic rings. The summed E-state index contributed by atoms with van der Waals surface area (Å²) in [5.74, 6) is 0.106. The van der Waals surface area contributed by atoms with Gasteiger partial charge >= 0.3 is 0 Å². The van der Waals surface area contributed by atoms with Gasteiger partial charge in [0.05, 0.1) is 12.7 Å². The van der Waals surface area contributed by atoms with E-state index in [4.69, 9.17) is 9.47 Å². The van der Waals surface area contributed by atoms with E-state index < -0.39 is 0 Å². The van der Waals surface area contributed by atoms with Crippen LogP contribution in [0.1, 0.15) is 25.7 Å². The number of hydrogen-bond acceptors (Lipinski definition) is 4. The second-order valence-corrected chi connectivity index (χ2v) is 4.99. The van der Waals surface area contributed by atoms with E-state index in [1.807, 2.05) is 4.90 Å². The Labute approximate surface area is 109 Å². The van der Waals surface area contributed by atoms with E-state index in [-0.39, 0.29) is 18.6 Å². The van der Waals surface area contributed by atoms with Crippen molar-refractivity contribution in [2.24, 2.45) is 0 Å². The van der Waals surface area contributed by atoms with Crippen molar-refractivity contribution in [2.75, 3.05) is 46.0 Å². The molecule has 2 fully saturated rings. The third-order valence-electron chi connectivity index (χ3n) is 3.50. The first kappa shape index (κ1) is 13.8. The minimum atomic E-state index is 0.106. The van der Waals surface area contributed by atoms with Gasteiger partial charge in [-0.05, 0) is 32.2 Å². The summed E-state index contributed by atoms with van der Waals surface area (Å²) in [4.78, 5) is 13.8. The Balaban J connectivity index is 1.61. The van der Waals surface area contributed by atoms with E-state index in [1.165, 1.54) is 6.42 Å². The van der Waals surface area contributed by atoms with Crippen molar-refractivity contribution in [3.8, 4) is 0 Å². The molecule has 2 saturated heterocycles. The summed E-state index contributed by atoms with van der Waals surface area (Å²) in [6.45, 7) is 5.10. The Bertz CT molecular complexity index is 247. The highest BCUT2D eigenvalue weighted by Crippen LogP contribution is 2.12. The molecule has 0 bridgehead atoms. The van der Waals surface area contributed by atoms with Crippen molar-refractivity contribution in [3.63, 3.8) is 0 Å². The van der Waals surface area contributed by atoms with Crippen LogP contribution in [-0.4, -0.2) is 62.9 Å². The lowest BCUT2D eigenvalue weighted by Crippen LogP contribution is -2.37. The van der Waals surface area contributed by atoms with Crippen LogP contribution in [0.2, 0.25) is 0 Å². The first-order valence-electron chi connectivity index (χ1n) is 7.04. The highest BCUT2D eigenvalue weighted by molar-refractivity contribution is 5.77. The summed E-state index contributed by atoms with van der Waals surface area (Å²) in [7, 11) is 0. The van der Waals surface area contributed by atoms with Crippen molar-refractivity contribution in [3.05, 3.63) is 0 Å². The lowest BCUT2D eigenvalue weighted by atomic mass is 10.1. The second-order valence-electron chi connectivity index (χ2n) is 4.99. The fourth-order valence-electron chi connectivity index (χ4n) is 2.40. The molecule has 2 aliphatic heterocycles. The smallest absolute Gasteiger partial charge is 0.248 e. The molecule has 1 amide bonds. The van der Waals surface area contributed by atoms with Crippen molar-refractivity contribution in [1.82, 2.24) is 10.2 Å². The van der Waals surface area contributed by atoms with Crippen LogP contribution in [0.25, 0.3) is 0 Å². The van der Waals surface area contributed by atoms with Gasteiger partial charge in [0.15, 0.2) is 0 Å². The number of nitrogens with zero attached hydrogens (tertiary/aromatic N) is 1. The summed E-state index contributed by atoms with van der Waals surface area (Å²) < 4.78 is 11.1. The zero-order valence-corrected chi connectivity index (χ0v) is 11.0. The SMILES string of the molecule is O=C(COC[C@H]1CCCCO1)N1CCCNCC1. The zero-order chi connectivity index (χ0) is 12.6. The quantitative estimate of drug-likeness (QED) is 0.791. The second kappa shape index (κ2) is 7.71. The van der Waals surface area contributed by atoms with Gasteiger partial charge in [-0.3, -0.25) is 4.79 Å². The summed E-state index contributed by atoms with van der Waals surface area (Å²) >= 11 is 0. The van der Waals surface area contributed by atoms with E-state index in [2.05, 4.69) is 5.32 Å². The van der Waals surface area contributed by atoms with Crippen LogP contribution in [0.15, 0.2) is 0 Å². The van der Waals surface area contributed by atoms with Crippen LogP contribution < -0.4 is 5.32 Å². The van der Waals surface area contributed by atoms with Gasteiger partial charge in [0, 0.05) is 26.2 Å². The van der Waals surface area contributed by atoms with Crippen LogP contribution in [0, 0.1) is 0 Å². The fraction of sp³-hybridized carbons (Fsp3) is 0.923. The summed E-state index contributed by atoms with van der Waals surface area (Å²) in [6, 6.07) is 0. The van der Waals surface area contributed by atoms with E-state index in [0.717, 1.165) is 52.0 Å². The van der Waals surface area contributed by atoms with Gasteiger partial charge in [-0.1, -0.05) is 0 Å². The van der Waals surface area contributed by atoms with Gasteiger partial charge < -0.3 is 19.7 Å². The Kier molecular flexibility index (Phi) is 5.90. The molecule has 1 N–H and O–H groups in total. The maximum Gasteiger partial charge on any atom is 0.248 e. The molecule has 0 aromatic rings. The minimum absolute atomic E-state index is 0.106. The average Bonchev–Trinajstić information content (AvgIpc) is 2.69. The molecule has 0 spiro atoms. The zero-order valence-electron chi connectivity index (χ0n) is 11.0. The van der Waals surface area contributed by atoms with Gasteiger partial charge in [-0.2, -0.15) is 0 Å². The molecule has 5 nitrogen and oxygen atoms in total. The molecule has 0 aromatic carbocycles. The molecule has 0 radical (unpaired) electrons. The predicted octanol–water partition coefficient (Wildman–Crippen LogP) is 0.394. The Hall–Kier alpha value is -0.650. The highest BCUT2D eigenvalue weighted by atomic mass is 16.5. The molecular weight excluding hydrogens is 232 g/mol. The van der Waals surface area contributed by atoms with Gasteiger partial charge in [-0.25, -0.2) is 0 Å². The number of ether oxygens (including phenoxy) is 2. The Morgan fingerprint density at radius 1 is 1.28 bits per heavy atom. The molecule has 0 aliphatic carbocycles. The summed E-state index contributed by atoms with van der Waals surface area (Å²) in [5, 5.41) is 3.29. The van der Waals surface area contributed by atoms with Crippen molar-refractivity contribution in [1.29, 1.82) is 0 Å². The van der Waals surface area contributed by atoms with Crippen molar-refractivity contribution < 1.29 is 14.3 Å². The topological polar surface area (TPSA) is 50.8 Å². The van der Waals surface area contributed by atoms with E-state index in [9.17, 15) is 4.79 Å². The van der Waals surface area contributed by atoms with Crippen molar-refractivity contribution in [2.45, 2.75) is 31.8 Å². The number of nitrogens with one attached hydrogen (secondary N) is 1. The molecule has 1 atom stereocenters. The predicted molar refractivity (Wildman–Crippen MR) is 68.5 cm³/mol. The van der Waals surface area contributed by atoms with Gasteiger partial charge in [-0.15, -0.1) is 0 Å². The van der Waals surface area contributed by atoms with E-state index in [1.54, 1.807) is 0 Å². The molecule has 0 aromatic heterocycles. The number of carbonyl (C=O) groups excluding carboxylic acids is 1.